The summed E-state index contributed by atoms with van der Waals surface area (Å²) >= 11 is 0. The van der Waals surface area contributed by atoms with E-state index in [9.17, 15) is 0 Å². The number of nitrogens with two attached hydrogens (primary N) is 1. The standard InChI is InChI=1S/C16H19NO/c1-16(2,17)12-13-8-6-7-11-15(13)18-14-9-4-3-5-10-14/h3-11H,12,17H2,1-2H3. The van der Waals surface area contributed by atoms with Crippen molar-refractivity contribution in [1.82, 2.24) is 0 Å². The van der Waals surface area contributed by atoms with Crippen molar-refractivity contribution >= 4 is 0 Å². The Bertz CT molecular complexity index is 500. The molecule has 0 atom stereocenters. The molecule has 2 rings (SSSR count). The fourth-order valence-electron chi connectivity index (χ4n) is 1.86. The topological polar surface area (TPSA) is 35.2 Å². The van der Waals surface area contributed by atoms with Crippen LogP contribution in [0.15, 0.2) is 54.6 Å². The van der Waals surface area contributed by atoms with Crippen molar-refractivity contribution in [1.29, 1.82) is 0 Å². The van der Waals surface area contributed by atoms with Crippen molar-refractivity contribution in [3.63, 3.8) is 0 Å². The lowest BCUT2D eigenvalue weighted by Gasteiger charge is -2.20. The fourth-order valence-corrected chi connectivity index (χ4v) is 1.86. The second-order valence-corrected chi connectivity index (χ2v) is 5.19. The highest BCUT2D eigenvalue weighted by Crippen LogP contribution is 2.27. The third-order valence-corrected chi connectivity index (χ3v) is 2.59. The van der Waals surface area contributed by atoms with Crippen LogP contribution in [0.1, 0.15) is 19.4 Å². The number of rotatable bonds is 4. The monoisotopic (exact) mass is 241 g/mol. The minimum Gasteiger partial charge on any atom is -0.457 e. The minimum absolute atomic E-state index is 0.240. The molecule has 2 N–H and O–H groups in total. The summed E-state index contributed by atoms with van der Waals surface area (Å²) in [5.41, 5.74) is 6.97. The quantitative estimate of drug-likeness (QED) is 0.884. The zero-order valence-corrected chi connectivity index (χ0v) is 10.9. The van der Waals surface area contributed by atoms with Gasteiger partial charge in [0.15, 0.2) is 0 Å². The van der Waals surface area contributed by atoms with Crippen LogP contribution < -0.4 is 10.5 Å². The summed E-state index contributed by atoms with van der Waals surface area (Å²) in [5.74, 6) is 1.72. The molecular weight excluding hydrogens is 222 g/mol. The molecule has 0 spiro atoms. The molecule has 0 aromatic heterocycles. The molecule has 0 saturated carbocycles. The molecule has 94 valence electrons. The molecule has 0 aliphatic heterocycles. The summed E-state index contributed by atoms with van der Waals surface area (Å²) in [6, 6.07) is 17.8. The zero-order chi connectivity index (χ0) is 13.0. The second-order valence-electron chi connectivity index (χ2n) is 5.19. The van der Waals surface area contributed by atoms with Crippen molar-refractivity contribution in [2.24, 2.45) is 5.73 Å². The van der Waals surface area contributed by atoms with Gasteiger partial charge >= 0.3 is 0 Å². The van der Waals surface area contributed by atoms with Crippen molar-refractivity contribution in [2.45, 2.75) is 25.8 Å². The number of hydrogen-bond donors (Lipinski definition) is 1. The maximum atomic E-state index is 6.07. The minimum atomic E-state index is -0.240. The Morgan fingerprint density at radius 3 is 2.22 bits per heavy atom. The molecule has 18 heavy (non-hydrogen) atoms. The number of para-hydroxylation sites is 2. The molecule has 0 aliphatic carbocycles. The Balaban J connectivity index is 2.23. The third-order valence-electron chi connectivity index (χ3n) is 2.59. The number of ether oxygens (including phenoxy) is 1. The van der Waals surface area contributed by atoms with Gasteiger partial charge in [-0.25, -0.2) is 0 Å². The SMILES string of the molecule is CC(C)(N)Cc1ccccc1Oc1ccccc1. The fraction of sp³-hybridized carbons (Fsp3) is 0.250. The highest BCUT2D eigenvalue weighted by molar-refractivity contribution is 5.38. The molecule has 2 nitrogen and oxygen atoms in total. The van der Waals surface area contributed by atoms with Crippen LogP contribution in [0.25, 0.3) is 0 Å². The first-order chi connectivity index (χ1) is 8.54. The van der Waals surface area contributed by atoms with Gasteiger partial charge in [0.05, 0.1) is 0 Å². The molecule has 0 heterocycles. The average Bonchev–Trinajstić information content (AvgIpc) is 2.31. The van der Waals surface area contributed by atoms with Gasteiger partial charge in [-0.05, 0) is 44.0 Å². The van der Waals surface area contributed by atoms with Gasteiger partial charge in [0.1, 0.15) is 11.5 Å². The van der Waals surface area contributed by atoms with Crippen LogP contribution in [0.2, 0.25) is 0 Å². The van der Waals surface area contributed by atoms with E-state index in [0.717, 1.165) is 23.5 Å². The molecule has 0 radical (unpaired) electrons. The summed E-state index contributed by atoms with van der Waals surface area (Å²) in [4.78, 5) is 0. The summed E-state index contributed by atoms with van der Waals surface area (Å²) in [6.07, 6.45) is 0.788. The summed E-state index contributed by atoms with van der Waals surface area (Å²) in [6.45, 7) is 4.04. The Kier molecular flexibility index (Phi) is 3.68. The van der Waals surface area contributed by atoms with Crippen LogP contribution in [-0.2, 0) is 6.42 Å². The normalized spacial score (nSPS) is 11.3. The van der Waals surface area contributed by atoms with Crippen molar-refractivity contribution in [2.75, 3.05) is 0 Å². The smallest absolute Gasteiger partial charge is 0.130 e. The van der Waals surface area contributed by atoms with E-state index in [0.29, 0.717) is 0 Å². The predicted octanol–water partition coefficient (Wildman–Crippen LogP) is 3.76. The molecule has 2 aromatic carbocycles. The predicted molar refractivity (Wildman–Crippen MR) is 74.9 cm³/mol. The molecule has 2 aromatic rings. The lowest BCUT2D eigenvalue weighted by Crippen LogP contribution is -2.34. The zero-order valence-electron chi connectivity index (χ0n) is 10.9. The van der Waals surface area contributed by atoms with Crippen molar-refractivity contribution in [3.05, 3.63) is 60.2 Å². The van der Waals surface area contributed by atoms with Gasteiger partial charge in [0.2, 0.25) is 0 Å². The van der Waals surface area contributed by atoms with E-state index < -0.39 is 0 Å². The molecule has 0 saturated heterocycles. The molecule has 2 heteroatoms. The lowest BCUT2D eigenvalue weighted by atomic mass is 9.96. The highest BCUT2D eigenvalue weighted by Gasteiger charge is 2.15. The largest absolute Gasteiger partial charge is 0.457 e. The lowest BCUT2D eigenvalue weighted by molar-refractivity contribution is 0.457. The van der Waals surface area contributed by atoms with Gasteiger partial charge in [-0.1, -0.05) is 36.4 Å². The third kappa shape index (κ3) is 3.60. The molecule has 0 bridgehead atoms. The Labute approximate surface area is 108 Å². The summed E-state index contributed by atoms with van der Waals surface area (Å²) in [5, 5.41) is 0. The van der Waals surface area contributed by atoms with E-state index in [4.69, 9.17) is 10.5 Å². The second kappa shape index (κ2) is 5.23. The van der Waals surface area contributed by atoms with Crippen LogP contribution in [0.4, 0.5) is 0 Å². The summed E-state index contributed by atoms with van der Waals surface area (Å²) in [7, 11) is 0. The molecular formula is C16H19NO. The Hall–Kier alpha value is -1.80. The maximum absolute atomic E-state index is 6.07. The number of hydrogen-bond acceptors (Lipinski definition) is 2. The van der Waals surface area contributed by atoms with E-state index in [1.165, 1.54) is 0 Å². The van der Waals surface area contributed by atoms with Crippen LogP contribution in [0.5, 0.6) is 11.5 Å². The maximum Gasteiger partial charge on any atom is 0.130 e. The van der Waals surface area contributed by atoms with Gasteiger partial charge in [0, 0.05) is 5.54 Å². The summed E-state index contributed by atoms with van der Waals surface area (Å²) < 4.78 is 5.90. The van der Waals surface area contributed by atoms with E-state index >= 15 is 0 Å². The first-order valence-corrected chi connectivity index (χ1v) is 6.14. The van der Waals surface area contributed by atoms with E-state index in [1.54, 1.807) is 0 Å². The van der Waals surface area contributed by atoms with Gasteiger partial charge in [0.25, 0.3) is 0 Å². The molecule has 0 fully saturated rings. The molecule has 0 unspecified atom stereocenters. The van der Waals surface area contributed by atoms with Crippen LogP contribution in [0.3, 0.4) is 0 Å². The van der Waals surface area contributed by atoms with Gasteiger partial charge < -0.3 is 10.5 Å². The van der Waals surface area contributed by atoms with Gasteiger partial charge in [-0.2, -0.15) is 0 Å². The van der Waals surface area contributed by atoms with Gasteiger partial charge in [-0.3, -0.25) is 0 Å². The number of benzene rings is 2. The molecule has 0 aliphatic rings. The highest BCUT2D eigenvalue weighted by atomic mass is 16.5. The van der Waals surface area contributed by atoms with E-state index in [1.807, 2.05) is 62.4 Å². The van der Waals surface area contributed by atoms with E-state index in [2.05, 4.69) is 6.07 Å². The van der Waals surface area contributed by atoms with Crippen molar-refractivity contribution in [3.8, 4) is 11.5 Å². The van der Waals surface area contributed by atoms with Crippen LogP contribution >= 0.6 is 0 Å². The first-order valence-electron chi connectivity index (χ1n) is 6.14. The van der Waals surface area contributed by atoms with Crippen molar-refractivity contribution < 1.29 is 4.74 Å². The average molecular weight is 241 g/mol. The Morgan fingerprint density at radius 2 is 1.56 bits per heavy atom. The van der Waals surface area contributed by atoms with Crippen LogP contribution in [0, 0.1) is 0 Å². The Morgan fingerprint density at radius 1 is 0.944 bits per heavy atom. The first kappa shape index (κ1) is 12.7. The van der Waals surface area contributed by atoms with E-state index in [-0.39, 0.29) is 5.54 Å². The van der Waals surface area contributed by atoms with Crippen LogP contribution in [-0.4, -0.2) is 5.54 Å². The molecule has 0 amide bonds. The van der Waals surface area contributed by atoms with Gasteiger partial charge in [-0.15, -0.1) is 0 Å².